The number of benzene rings is 2. The summed E-state index contributed by atoms with van der Waals surface area (Å²) < 4.78 is 53.8. The highest BCUT2D eigenvalue weighted by molar-refractivity contribution is 5.31. The Morgan fingerprint density at radius 1 is 1.00 bits per heavy atom. The molecule has 0 radical (unpaired) electrons. The first-order chi connectivity index (χ1) is 15.0. The zero-order chi connectivity index (χ0) is 22.2. The Hall–Kier alpha value is -2.01. The van der Waals surface area contributed by atoms with E-state index in [1.165, 1.54) is 12.5 Å². The number of unbranched alkanes of at least 4 members (excludes halogenated alkanes) is 3. The van der Waals surface area contributed by atoms with Crippen molar-refractivity contribution in [2.75, 3.05) is 13.2 Å². The zero-order valence-corrected chi connectivity index (χ0v) is 18.6. The number of hydrogen-bond acceptors (Lipinski definition) is 2. The van der Waals surface area contributed by atoms with Crippen LogP contribution in [-0.4, -0.2) is 13.2 Å². The second-order valence-corrected chi connectivity index (χ2v) is 8.57. The average Bonchev–Trinajstić information content (AvgIpc) is 2.78. The minimum atomic E-state index is -0.757. The van der Waals surface area contributed by atoms with Gasteiger partial charge in [-0.25, -0.2) is 13.2 Å². The van der Waals surface area contributed by atoms with Gasteiger partial charge < -0.3 is 9.47 Å². The third-order valence-corrected chi connectivity index (χ3v) is 6.13. The van der Waals surface area contributed by atoms with Gasteiger partial charge in [-0.15, -0.1) is 0 Å². The van der Waals surface area contributed by atoms with Gasteiger partial charge in [-0.1, -0.05) is 44.4 Å². The largest absolute Gasteiger partial charge is 0.491 e. The van der Waals surface area contributed by atoms with Crippen LogP contribution in [0.5, 0.6) is 5.75 Å². The lowest BCUT2D eigenvalue weighted by atomic mass is 9.90. The second kappa shape index (κ2) is 11.6. The Labute approximate surface area is 183 Å². The molecule has 0 bridgehead atoms. The Morgan fingerprint density at radius 3 is 2.55 bits per heavy atom. The fraction of sp³-hybridized carbons (Fsp3) is 0.538. The third-order valence-electron chi connectivity index (χ3n) is 6.13. The molecule has 1 saturated heterocycles. The first kappa shape index (κ1) is 23.6. The molecule has 1 heterocycles. The molecule has 170 valence electrons. The van der Waals surface area contributed by atoms with Crippen molar-refractivity contribution in [3.8, 4) is 5.75 Å². The third kappa shape index (κ3) is 6.49. The first-order valence-electron chi connectivity index (χ1n) is 11.5. The van der Waals surface area contributed by atoms with Crippen molar-refractivity contribution < 1.29 is 22.6 Å². The highest BCUT2D eigenvalue weighted by Crippen LogP contribution is 2.34. The number of ether oxygens (including phenoxy) is 2. The fourth-order valence-corrected chi connectivity index (χ4v) is 4.08. The highest BCUT2D eigenvalue weighted by Gasteiger charge is 2.24. The van der Waals surface area contributed by atoms with Crippen molar-refractivity contribution in [3.63, 3.8) is 0 Å². The van der Waals surface area contributed by atoms with Crippen LogP contribution >= 0.6 is 0 Å². The first-order valence-corrected chi connectivity index (χ1v) is 11.5. The molecule has 2 aromatic rings. The molecule has 2 unspecified atom stereocenters. The SMILES string of the molecule is CCCCCCOc1ccc(C2CCC(CCc3ccc(C)c(F)c3F)CO2)cc1F. The highest BCUT2D eigenvalue weighted by atomic mass is 19.2. The number of hydrogen-bond donors (Lipinski definition) is 0. The minimum Gasteiger partial charge on any atom is -0.491 e. The van der Waals surface area contributed by atoms with Crippen LogP contribution in [0.1, 0.15) is 74.7 Å². The van der Waals surface area contributed by atoms with Gasteiger partial charge in [-0.2, -0.15) is 0 Å². The van der Waals surface area contributed by atoms with Crippen molar-refractivity contribution in [3.05, 3.63) is 64.5 Å². The monoisotopic (exact) mass is 434 g/mol. The maximum atomic E-state index is 14.4. The fourth-order valence-electron chi connectivity index (χ4n) is 4.08. The predicted octanol–water partition coefficient (Wildman–Crippen LogP) is 7.47. The molecular weight excluding hydrogens is 401 g/mol. The van der Waals surface area contributed by atoms with Crippen LogP contribution < -0.4 is 4.74 Å². The summed E-state index contributed by atoms with van der Waals surface area (Å²) in [5, 5.41) is 0. The molecule has 0 aliphatic carbocycles. The molecule has 3 rings (SSSR count). The molecule has 0 aromatic heterocycles. The lowest BCUT2D eigenvalue weighted by Crippen LogP contribution is -2.21. The van der Waals surface area contributed by atoms with Crippen LogP contribution in [0.15, 0.2) is 30.3 Å². The molecule has 0 amide bonds. The molecule has 31 heavy (non-hydrogen) atoms. The number of rotatable bonds is 10. The molecule has 0 spiro atoms. The maximum Gasteiger partial charge on any atom is 0.165 e. The standard InChI is InChI=1S/C26H33F3O2/c1-3-4-5-6-15-30-24-14-12-21(16-22(24)27)23-13-9-19(17-31-23)8-11-20-10-7-18(2)25(28)26(20)29/h7,10,12,14,16,19,23H,3-6,8-9,11,13,15,17H2,1-2H3. The van der Waals surface area contributed by atoms with Gasteiger partial charge in [0.05, 0.1) is 19.3 Å². The van der Waals surface area contributed by atoms with Crippen molar-refractivity contribution >= 4 is 0 Å². The van der Waals surface area contributed by atoms with Crippen LogP contribution in [-0.2, 0) is 11.2 Å². The Balaban J connectivity index is 1.46. The smallest absolute Gasteiger partial charge is 0.165 e. The van der Waals surface area contributed by atoms with E-state index in [-0.39, 0.29) is 17.8 Å². The van der Waals surface area contributed by atoms with Gasteiger partial charge in [0.15, 0.2) is 23.2 Å². The van der Waals surface area contributed by atoms with E-state index in [4.69, 9.17) is 9.47 Å². The van der Waals surface area contributed by atoms with Gasteiger partial charge in [0.1, 0.15) is 0 Å². The van der Waals surface area contributed by atoms with E-state index in [1.54, 1.807) is 25.1 Å². The number of aryl methyl sites for hydroxylation is 2. The molecule has 2 nitrogen and oxygen atoms in total. The molecular formula is C26H33F3O2. The topological polar surface area (TPSA) is 18.5 Å². The molecule has 1 aliphatic heterocycles. The molecule has 1 fully saturated rings. The van der Waals surface area contributed by atoms with Crippen molar-refractivity contribution in [2.24, 2.45) is 5.92 Å². The summed E-state index contributed by atoms with van der Waals surface area (Å²) in [6, 6.07) is 8.36. The molecule has 1 aliphatic rings. The average molecular weight is 435 g/mol. The van der Waals surface area contributed by atoms with Crippen LogP contribution in [0, 0.1) is 30.3 Å². The van der Waals surface area contributed by atoms with E-state index in [2.05, 4.69) is 6.92 Å². The number of halogens is 3. The summed E-state index contributed by atoms with van der Waals surface area (Å²) in [6.45, 7) is 4.79. The van der Waals surface area contributed by atoms with Gasteiger partial charge in [0.2, 0.25) is 0 Å². The Kier molecular flexibility index (Phi) is 8.82. The lowest BCUT2D eigenvalue weighted by Gasteiger charge is -2.29. The normalized spacial score (nSPS) is 18.9. The van der Waals surface area contributed by atoms with E-state index in [0.29, 0.717) is 36.5 Å². The van der Waals surface area contributed by atoms with E-state index >= 15 is 0 Å². The van der Waals surface area contributed by atoms with Gasteiger partial charge in [-0.05, 0) is 73.8 Å². The van der Waals surface area contributed by atoms with E-state index in [0.717, 1.165) is 44.1 Å². The Bertz CT molecular complexity index is 845. The summed E-state index contributed by atoms with van der Waals surface area (Å²) >= 11 is 0. The predicted molar refractivity (Wildman–Crippen MR) is 117 cm³/mol. The summed E-state index contributed by atoms with van der Waals surface area (Å²) in [5.41, 5.74) is 1.56. The van der Waals surface area contributed by atoms with Crippen molar-refractivity contribution in [2.45, 2.75) is 71.3 Å². The van der Waals surface area contributed by atoms with E-state index in [9.17, 15) is 13.2 Å². The van der Waals surface area contributed by atoms with E-state index < -0.39 is 11.6 Å². The quantitative estimate of drug-likeness (QED) is 0.361. The van der Waals surface area contributed by atoms with Gasteiger partial charge in [0.25, 0.3) is 0 Å². The van der Waals surface area contributed by atoms with Gasteiger partial charge in [-0.3, -0.25) is 0 Å². The Morgan fingerprint density at radius 2 is 1.84 bits per heavy atom. The van der Waals surface area contributed by atoms with Crippen LogP contribution in [0.2, 0.25) is 0 Å². The van der Waals surface area contributed by atoms with Crippen LogP contribution in [0.4, 0.5) is 13.2 Å². The van der Waals surface area contributed by atoms with Crippen molar-refractivity contribution in [1.29, 1.82) is 0 Å². The summed E-state index contributed by atoms with van der Waals surface area (Å²) in [7, 11) is 0. The van der Waals surface area contributed by atoms with Crippen molar-refractivity contribution in [1.82, 2.24) is 0 Å². The van der Waals surface area contributed by atoms with Crippen LogP contribution in [0.25, 0.3) is 0 Å². The molecule has 0 N–H and O–H groups in total. The molecule has 5 heteroatoms. The lowest BCUT2D eigenvalue weighted by molar-refractivity contribution is -0.0194. The molecule has 0 saturated carbocycles. The van der Waals surface area contributed by atoms with E-state index in [1.807, 2.05) is 6.07 Å². The summed E-state index contributed by atoms with van der Waals surface area (Å²) in [6.07, 6.45) is 7.14. The van der Waals surface area contributed by atoms with Crippen LogP contribution in [0.3, 0.4) is 0 Å². The summed E-state index contributed by atoms with van der Waals surface area (Å²) in [4.78, 5) is 0. The van der Waals surface area contributed by atoms with Gasteiger partial charge in [0, 0.05) is 0 Å². The maximum absolute atomic E-state index is 14.4. The molecule has 2 atom stereocenters. The zero-order valence-electron chi connectivity index (χ0n) is 18.6. The van der Waals surface area contributed by atoms with Gasteiger partial charge >= 0.3 is 0 Å². The molecule has 2 aromatic carbocycles. The minimum absolute atomic E-state index is 0.141. The second-order valence-electron chi connectivity index (χ2n) is 8.57. The summed E-state index contributed by atoms with van der Waals surface area (Å²) in [5.74, 6) is -1.27.